The molecule has 1 N–H and O–H groups in total. The molecule has 0 aliphatic rings. The van der Waals surface area contributed by atoms with E-state index in [0.29, 0.717) is 11.3 Å². The minimum atomic E-state index is -1.17. The minimum absolute atomic E-state index is 0.0928. The lowest BCUT2D eigenvalue weighted by Crippen LogP contribution is -2.09. The van der Waals surface area contributed by atoms with Gasteiger partial charge in [0, 0.05) is 18.0 Å². The Labute approximate surface area is 119 Å². The number of para-hydroxylation sites is 1. The van der Waals surface area contributed by atoms with E-state index in [-0.39, 0.29) is 11.4 Å². The maximum atomic E-state index is 13.9. The summed E-state index contributed by atoms with van der Waals surface area (Å²) in [4.78, 5) is 15.3. The number of benzene rings is 1. The Hall–Kier alpha value is -3.02. The molecule has 0 aliphatic heterocycles. The molecule has 0 saturated heterocycles. The first-order valence-electron chi connectivity index (χ1n) is 6.15. The summed E-state index contributed by atoms with van der Waals surface area (Å²) in [6, 6.07) is 10.7. The zero-order valence-electron chi connectivity index (χ0n) is 10.8. The Kier molecular flexibility index (Phi) is 3.19. The van der Waals surface area contributed by atoms with Gasteiger partial charge in [0.2, 0.25) is 0 Å². The molecule has 0 amide bonds. The van der Waals surface area contributed by atoms with Crippen LogP contribution in [0.25, 0.3) is 16.9 Å². The zero-order chi connectivity index (χ0) is 14.8. The van der Waals surface area contributed by atoms with Crippen molar-refractivity contribution in [3.05, 3.63) is 66.4 Å². The molecule has 6 heteroatoms. The summed E-state index contributed by atoms with van der Waals surface area (Å²) in [5.41, 5.74) is 1.14. The summed E-state index contributed by atoms with van der Waals surface area (Å²) in [7, 11) is 0. The van der Waals surface area contributed by atoms with Crippen molar-refractivity contribution in [3.8, 4) is 16.9 Å². The smallest absolute Gasteiger partial charge is 0.354 e. The molecule has 1 aromatic carbocycles. The first-order valence-corrected chi connectivity index (χ1v) is 6.15. The molecule has 0 radical (unpaired) electrons. The third-order valence-electron chi connectivity index (χ3n) is 2.99. The molecule has 0 atom stereocenters. The number of halogens is 1. The lowest BCUT2D eigenvalue weighted by Gasteiger charge is -2.05. The number of nitrogens with zero attached hydrogens (tertiary/aromatic N) is 3. The van der Waals surface area contributed by atoms with Crippen molar-refractivity contribution < 1.29 is 14.3 Å². The predicted octanol–water partition coefficient (Wildman–Crippen LogP) is 2.77. The van der Waals surface area contributed by atoms with Crippen LogP contribution in [0, 0.1) is 5.82 Å². The fourth-order valence-electron chi connectivity index (χ4n) is 2.00. The summed E-state index contributed by atoms with van der Waals surface area (Å²) in [5.74, 6) is -1.71. The maximum absolute atomic E-state index is 13.9. The van der Waals surface area contributed by atoms with Gasteiger partial charge in [-0.3, -0.25) is 4.98 Å². The summed E-state index contributed by atoms with van der Waals surface area (Å²) in [6.45, 7) is 0. The van der Waals surface area contributed by atoms with Crippen molar-refractivity contribution in [2.24, 2.45) is 0 Å². The van der Waals surface area contributed by atoms with Gasteiger partial charge in [0.05, 0.1) is 5.69 Å². The summed E-state index contributed by atoms with van der Waals surface area (Å²) >= 11 is 0. The molecule has 2 aromatic heterocycles. The van der Waals surface area contributed by atoms with Crippen molar-refractivity contribution in [1.82, 2.24) is 14.8 Å². The number of pyridine rings is 1. The average molecular weight is 283 g/mol. The summed E-state index contributed by atoms with van der Waals surface area (Å²) in [6.07, 6.45) is 3.16. The average Bonchev–Trinajstić information content (AvgIpc) is 2.94. The maximum Gasteiger partial charge on any atom is 0.354 e. The third kappa shape index (κ3) is 2.38. The van der Waals surface area contributed by atoms with Crippen LogP contribution in [0.3, 0.4) is 0 Å². The van der Waals surface area contributed by atoms with Crippen molar-refractivity contribution in [2.45, 2.75) is 0 Å². The van der Waals surface area contributed by atoms with Gasteiger partial charge in [-0.25, -0.2) is 13.9 Å². The molecule has 0 spiro atoms. The molecule has 2 heterocycles. The molecule has 21 heavy (non-hydrogen) atoms. The molecular weight excluding hydrogens is 273 g/mol. The second-order valence-corrected chi connectivity index (χ2v) is 4.32. The van der Waals surface area contributed by atoms with Gasteiger partial charge in [-0.05, 0) is 30.3 Å². The predicted molar refractivity (Wildman–Crippen MR) is 73.7 cm³/mol. The largest absolute Gasteiger partial charge is 0.477 e. The number of aromatic carboxylic acids is 1. The van der Waals surface area contributed by atoms with Crippen LogP contribution in [0.2, 0.25) is 0 Å². The van der Waals surface area contributed by atoms with Gasteiger partial charge in [-0.15, -0.1) is 0 Å². The van der Waals surface area contributed by atoms with E-state index in [1.54, 1.807) is 30.6 Å². The molecule has 0 aliphatic carbocycles. The number of hydrogen-bond acceptors (Lipinski definition) is 3. The van der Waals surface area contributed by atoms with E-state index < -0.39 is 11.8 Å². The second kappa shape index (κ2) is 5.16. The van der Waals surface area contributed by atoms with E-state index in [2.05, 4.69) is 10.1 Å². The van der Waals surface area contributed by atoms with Gasteiger partial charge < -0.3 is 5.11 Å². The number of aromatic nitrogens is 3. The molecule has 0 fully saturated rings. The minimum Gasteiger partial charge on any atom is -0.477 e. The van der Waals surface area contributed by atoms with E-state index in [4.69, 9.17) is 0 Å². The van der Waals surface area contributed by atoms with Gasteiger partial charge >= 0.3 is 5.97 Å². The lowest BCUT2D eigenvalue weighted by molar-refractivity contribution is 0.0687. The fraction of sp³-hybridized carbons (Fsp3) is 0. The standard InChI is InChI=1S/C15H10FN3O2/c16-11-3-1-2-4-13(11)19-14(15(20)21)9-12(18-19)10-5-7-17-8-6-10/h1-9H,(H,20,21). The quantitative estimate of drug-likeness (QED) is 0.802. The van der Waals surface area contributed by atoms with Gasteiger partial charge in [0.1, 0.15) is 11.5 Å². The van der Waals surface area contributed by atoms with E-state index in [1.807, 2.05) is 0 Å². The van der Waals surface area contributed by atoms with E-state index in [0.717, 1.165) is 4.68 Å². The Balaban J connectivity index is 2.19. The molecular formula is C15H10FN3O2. The molecule has 0 saturated carbocycles. The van der Waals surface area contributed by atoms with E-state index in [9.17, 15) is 14.3 Å². The highest BCUT2D eigenvalue weighted by Crippen LogP contribution is 2.22. The Morgan fingerprint density at radius 2 is 1.86 bits per heavy atom. The first-order chi connectivity index (χ1) is 10.2. The van der Waals surface area contributed by atoms with Crippen molar-refractivity contribution >= 4 is 5.97 Å². The molecule has 5 nitrogen and oxygen atoms in total. The lowest BCUT2D eigenvalue weighted by atomic mass is 10.2. The number of hydrogen-bond donors (Lipinski definition) is 1. The summed E-state index contributed by atoms with van der Waals surface area (Å²) < 4.78 is 15.0. The highest BCUT2D eigenvalue weighted by molar-refractivity contribution is 5.88. The van der Waals surface area contributed by atoms with Crippen LogP contribution < -0.4 is 0 Å². The second-order valence-electron chi connectivity index (χ2n) is 4.32. The van der Waals surface area contributed by atoms with Crippen LogP contribution in [-0.4, -0.2) is 25.8 Å². The number of carbonyl (C=O) groups is 1. The topological polar surface area (TPSA) is 68.0 Å². The molecule has 104 valence electrons. The Bertz CT molecular complexity index is 800. The highest BCUT2D eigenvalue weighted by Gasteiger charge is 2.18. The van der Waals surface area contributed by atoms with Gasteiger partial charge in [-0.1, -0.05) is 12.1 Å². The number of carboxylic acids is 1. The van der Waals surface area contributed by atoms with Crippen LogP contribution in [-0.2, 0) is 0 Å². The molecule has 3 aromatic rings. The normalized spacial score (nSPS) is 10.5. The van der Waals surface area contributed by atoms with Crippen molar-refractivity contribution in [2.75, 3.05) is 0 Å². The number of carboxylic acid groups (broad SMARTS) is 1. The third-order valence-corrected chi connectivity index (χ3v) is 2.99. The Morgan fingerprint density at radius 1 is 1.14 bits per heavy atom. The highest BCUT2D eigenvalue weighted by atomic mass is 19.1. The molecule has 3 rings (SSSR count). The molecule has 0 bridgehead atoms. The number of rotatable bonds is 3. The van der Waals surface area contributed by atoms with Crippen LogP contribution in [0.15, 0.2) is 54.9 Å². The monoisotopic (exact) mass is 283 g/mol. The van der Waals surface area contributed by atoms with E-state index >= 15 is 0 Å². The van der Waals surface area contributed by atoms with E-state index in [1.165, 1.54) is 24.3 Å². The van der Waals surface area contributed by atoms with Gasteiger partial charge in [0.15, 0.2) is 5.69 Å². The van der Waals surface area contributed by atoms with Crippen molar-refractivity contribution in [3.63, 3.8) is 0 Å². The zero-order valence-corrected chi connectivity index (χ0v) is 10.8. The Morgan fingerprint density at radius 3 is 2.52 bits per heavy atom. The summed E-state index contributed by atoms with van der Waals surface area (Å²) in [5, 5.41) is 13.5. The van der Waals surface area contributed by atoms with Crippen LogP contribution in [0.1, 0.15) is 10.5 Å². The van der Waals surface area contributed by atoms with Crippen LogP contribution >= 0.6 is 0 Å². The fourth-order valence-corrected chi connectivity index (χ4v) is 2.00. The van der Waals surface area contributed by atoms with Gasteiger partial charge in [0.25, 0.3) is 0 Å². The van der Waals surface area contributed by atoms with Crippen molar-refractivity contribution in [1.29, 1.82) is 0 Å². The van der Waals surface area contributed by atoms with Crippen LogP contribution in [0.4, 0.5) is 4.39 Å². The first kappa shape index (κ1) is 13.0. The SMILES string of the molecule is O=C(O)c1cc(-c2ccncc2)nn1-c1ccccc1F. The van der Waals surface area contributed by atoms with Crippen LogP contribution in [0.5, 0.6) is 0 Å². The molecule has 0 unspecified atom stereocenters. The van der Waals surface area contributed by atoms with Gasteiger partial charge in [-0.2, -0.15) is 5.10 Å².